The number of phenolic OH excluding ortho intramolecular Hbond substituents is 1. The molecule has 2 saturated heterocycles. The molecule has 2 heterocycles. The monoisotopic (exact) mass is 372 g/mol. The Labute approximate surface area is 160 Å². The van der Waals surface area contributed by atoms with Crippen molar-refractivity contribution in [2.75, 3.05) is 51.1 Å². The second-order valence-corrected chi connectivity index (χ2v) is 7.31. The van der Waals surface area contributed by atoms with Gasteiger partial charge in [0.05, 0.1) is 6.54 Å². The zero-order valence-electron chi connectivity index (χ0n) is 16.1. The number of carbonyl (C=O) groups is 2. The van der Waals surface area contributed by atoms with Gasteiger partial charge in [-0.1, -0.05) is 6.58 Å². The van der Waals surface area contributed by atoms with Crippen LogP contribution in [-0.2, 0) is 9.59 Å². The maximum absolute atomic E-state index is 12.5. The van der Waals surface area contributed by atoms with Crippen molar-refractivity contribution >= 4 is 17.5 Å². The van der Waals surface area contributed by atoms with E-state index >= 15 is 0 Å². The maximum atomic E-state index is 12.5. The Balaban J connectivity index is 1.43. The number of likely N-dealkylation sites (tertiary alicyclic amines) is 1. The number of rotatable bonds is 5. The summed E-state index contributed by atoms with van der Waals surface area (Å²) in [6.45, 7) is 12.1. The Hall–Kier alpha value is -2.54. The molecule has 2 N–H and O–H groups in total. The minimum absolute atomic E-state index is 0.0106. The first-order valence-corrected chi connectivity index (χ1v) is 9.36. The Morgan fingerprint density at radius 1 is 1.19 bits per heavy atom. The van der Waals surface area contributed by atoms with Crippen LogP contribution < -0.4 is 5.32 Å². The van der Waals surface area contributed by atoms with Crippen LogP contribution >= 0.6 is 0 Å². The molecule has 1 aromatic rings. The summed E-state index contributed by atoms with van der Waals surface area (Å²) < 4.78 is 0. The lowest BCUT2D eigenvalue weighted by Gasteiger charge is -2.47. The highest BCUT2D eigenvalue weighted by Gasteiger charge is 2.35. The predicted molar refractivity (Wildman–Crippen MR) is 105 cm³/mol. The van der Waals surface area contributed by atoms with Gasteiger partial charge in [0.2, 0.25) is 11.8 Å². The van der Waals surface area contributed by atoms with Crippen molar-refractivity contribution in [2.24, 2.45) is 0 Å². The lowest BCUT2D eigenvalue weighted by molar-refractivity contribution is -0.135. The molecule has 0 unspecified atom stereocenters. The first-order valence-electron chi connectivity index (χ1n) is 9.36. The highest BCUT2D eigenvalue weighted by Crippen LogP contribution is 2.25. The fraction of sp³-hybridized carbons (Fsp3) is 0.500. The Kier molecular flexibility index (Phi) is 5.70. The summed E-state index contributed by atoms with van der Waals surface area (Å²) in [4.78, 5) is 30.0. The van der Waals surface area contributed by atoms with E-state index in [1.165, 1.54) is 6.08 Å². The summed E-state index contributed by atoms with van der Waals surface area (Å²) in [7, 11) is 0. The van der Waals surface area contributed by atoms with E-state index in [0.717, 1.165) is 43.0 Å². The van der Waals surface area contributed by atoms with Gasteiger partial charge in [-0.25, -0.2) is 0 Å². The number of carbonyl (C=O) groups excluding carboxylic acids is 2. The summed E-state index contributed by atoms with van der Waals surface area (Å²) in [6.07, 6.45) is 1.36. The van der Waals surface area contributed by atoms with Crippen LogP contribution in [0.2, 0.25) is 0 Å². The van der Waals surface area contributed by atoms with Gasteiger partial charge < -0.3 is 20.2 Å². The number of amides is 2. The van der Waals surface area contributed by atoms with Crippen LogP contribution in [0.15, 0.2) is 24.8 Å². The Bertz CT molecular complexity index is 712. The van der Waals surface area contributed by atoms with Gasteiger partial charge in [0, 0.05) is 57.1 Å². The molecule has 0 atom stereocenters. The third-order valence-electron chi connectivity index (χ3n) is 5.62. The maximum Gasteiger partial charge on any atom is 0.246 e. The number of hydrogen-bond donors (Lipinski definition) is 2. The summed E-state index contributed by atoms with van der Waals surface area (Å²) in [5.41, 5.74) is 2.60. The third-order valence-corrected chi connectivity index (χ3v) is 5.62. The van der Waals surface area contributed by atoms with E-state index in [1.807, 2.05) is 24.8 Å². The molecule has 2 amide bonds. The largest absolute Gasteiger partial charge is 0.508 e. The quantitative estimate of drug-likeness (QED) is 0.753. The molecule has 2 aliphatic rings. The van der Waals surface area contributed by atoms with E-state index in [1.54, 1.807) is 11.0 Å². The molecular formula is C20H28N4O3. The highest BCUT2D eigenvalue weighted by atomic mass is 16.3. The molecule has 0 radical (unpaired) electrons. The lowest BCUT2D eigenvalue weighted by Crippen LogP contribution is -2.64. The number of benzene rings is 1. The molecule has 27 heavy (non-hydrogen) atoms. The SMILES string of the molecule is C=CC(=O)N1CC(N2CCN(C(=O)CNc3cc(C)c(C)c(O)c3)CC2)C1. The molecule has 7 nitrogen and oxygen atoms in total. The second-order valence-electron chi connectivity index (χ2n) is 7.31. The van der Waals surface area contributed by atoms with Gasteiger partial charge in [-0.2, -0.15) is 0 Å². The van der Waals surface area contributed by atoms with Crippen molar-refractivity contribution in [1.29, 1.82) is 0 Å². The summed E-state index contributed by atoms with van der Waals surface area (Å²) in [6, 6.07) is 3.98. The lowest BCUT2D eigenvalue weighted by atomic mass is 10.1. The van der Waals surface area contributed by atoms with Gasteiger partial charge in [0.25, 0.3) is 0 Å². The van der Waals surface area contributed by atoms with E-state index in [0.29, 0.717) is 19.1 Å². The molecule has 2 fully saturated rings. The van der Waals surface area contributed by atoms with Gasteiger partial charge in [-0.05, 0) is 37.1 Å². The zero-order chi connectivity index (χ0) is 19.6. The van der Waals surface area contributed by atoms with Gasteiger partial charge in [-0.3, -0.25) is 14.5 Å². The topological polar surface area (TPSA) is 76.1 Å². The minimum Gasteiger partial charge on any atom is -0.508 e. The molecule has 0 spiro atoms. The average Bonchev–Trinajstić information content (AvgIpc) is 2.63. The number of phenols is 1. The van der Waals surface area contributed by atoms with Crippen LogP contribution in [0.3, 0.4) is 0 Å². The molecular weight excluding hydrogens is 344 g/mol. The van der Waals surface area contributed by atoms with Gasteiger partial charge in [0.15, 0.2) is 0 Å². The number of nitrogens with one attached hydrogen (secondary N) is 1. The number of aryl methyl sites for hydroxylation is 1. The van der Waals surface area contributed by atoms with Crippen LogP contribution in [0.1, 0.15) is 11.1 Å². The highest BCUT2D eigenvalue weighted by molar-refractivity contribution is 5.87. The zero-order valence-corrected chi connectivity index (χ0v) is 16.1. The normalized spacial score (nSPS) is 18.1. The molecule has 0 saturated carbocycles. The predicted octanol–water partition coefficient (Wildman–Crippen LogP) is 0.962. The summed E-state index contributed by atoms with van der Waals surface area (Å²) in [5, 5.41) is 13.0. The third kappa shape index (κ3) is 4.24. The fourth-order valence-corrected chi connectivity index (χ4v) is 3.56. The summed E-state index contributed by atoms with van der Waals surface area (Å²) >= 11 is 0. The molecule has 1 aromatic carbocycles. The van der Waals surface area contributed by atoms with Crippen LogP contribution in [0.4, 0.5) is 5.69 Å². The summed E-state index contributed by atoms with van der Waals surface area (Å²) in [5.74, 6) is 0.288. The number of anilines is 1. The van der Waals surface area contributed by atoms with Crippen LogP contribution in [0.25, 0.3) is 0 Å². The van der Waals surface area contributed by atoms with Gasteiger partial charge in [0.1, 0.15) is 5.75 Å². The smallest absolute Gasteiger partial charge is 0.246 e. The average molecular weight is 372 g/mol. The van der Waals surface area contributed by atoms with Gasteiger partial charge in [-0.15, -0.1) is 0 Å². The van der Waals surface area contributed by atoms with Crippen LogP contribution in [-0.4, -0.2) is 83.5 Å². The molecule has 2 aliphatic heterocycles. The van der Waals surface area contributed by atoms with Crippen molar-refractivity contribution in [3.8, 4) is 5.75 Å². The molecule has 7 heteroatoms. The van der Waals surface area contributed by atoms with Crippen molar-refractivity contribution < 1.29 is 14.7 Å². The number of aromatic hydroxyl groups is 1. The minimum atomic E-state index is -0.0106. The number of nitrogens with zero attached hydrogens (tertiary/aromatic N) is 3. The van der Waals surface area contributed by atoms with Gasteiger partial charge >= 0.3 is 0 Å². The van der Waals surface area contributed by atoms with E-state index in [4.69, 9.17) is 0 Å². The first-order chi connectivity index (χ1) is 12.9. The number of piperazine rings is 1. The first kappa shape index (κ1) is 19.2. The second kappa shape index (κ2) is 8.00. The molecule has 146 valence electrons. The van der Waals surface area contributed by atoms with Crippen molar-refractivity contribution in [1.82, 2.24) is 14.7 Å². The Morgan fingerprint density at radius 2 is 1.85 bits per heavy atom. The van der Waals surface area contributed by atoms with Crippen LogP contribution in [0, 0.1) is 13.8 Å². The van der Waals surface area contributed by atoms with Crippen molar-refractivity contribution in [2.45, 2.75) is 19.9 Å². The van der Waals surface area contributed by atoms with Crippen molar-refractivity contribution in [3.63, 3.8) is 0 Å². The van der Waals surface area contributed by atoms with E-state index < -0.39 is 0 Å². The fourth-order valence-electron chi connectivity index (χ4n) is 3.56. The van der Waals surface area contributed by atoms with E-state index in [9.17, 15) is 14.7 Å². The molecule has 3 rings (SSSR count). The molecule has 0 aromatic heterocycles. The number of hydrogen-bond acceptors (Lipinski definition) is 5. The standard InChI is InChI=1S/C20H28N4O3/c1-4-19(26)24-12-17(13-24)22-5-7-23(8-6-22)20(27)11-21-16-9-14(2)15(3)18(25)10-16/h4,9-10,17,21,25H,1,5-8,11-13H2,2-3H3. The van der Waals surface area contributed by atoms with Crippen LogP contribution in [0.5, 0.6) is 5.75 Å². The van der Waals surface area contributed by atoms with E-state index in [-0.39, 0.29) is 24.1 Å². The molecule has 0 aliphatic carbocycles. The van der Waals surface area contributed by atoms with Crippen molar-refractivity contribution in [3.05, 3.63) is 35.9 Å². The Morgan fingerprint density at radius 3 is 2.44 bits per heavy atom. The van der Waals surface area contributed by atoms with E-state index in [2.05, 4.69) is 16.8 Å². The molecule has 0 bridgehead atoms.